The van der Waals surface area contributed by atoms with Crippen LogP contribution in [-0.4, -0.2) is 22.6 Å². The number of methoxy groups -OCH3 is 1. The molecule has 0 aliphatic rings. The van der Waals surface area contributed by atoms with E-state index in [4.69, 9.17) is 4.74 Å². The number of anilines is 1. The van der Waals surface area contributed by atoms with Gasteiger partial charge >= 0.3 is 0 Å². The van der Waals surface area contributed by atoms with Crippen molar-refractivity contribution >= 4 is 22.6 Å². The standard InChI is InChI=1S/C22H18FN3O2/c1-14-24-19-12-15(8-10-20(19)26(14)17-6-4-3-5-7-17)22(27)25-16-9-11-21(28-2)18(23)13-16/h3-13H,1-2H3,(H,25,27). The summed E-state index contributed by atoms with van der Waals surface area (Å²) in [6.45, 7) is 1.92. The molecule has 1 amide bonds. The molecule has 0 spiro atoms. The summed E-state index contributed by atoms with van der Waals surface area (Å²) in [6.07, 6.45) is 0. The summed E-state index contributed by atoms with van der Waals surface area (Å²) < 4.78 is 20.8. The van der Waals surface area contributed by atoms with Crippen LogP contribution in [-0.2, 0) is 0 Å². The summed E-state index contributed by atoms with van der Waals surface area (Å²) in [5.41, 5.74) is 3.44. The molecular formula is C22H18FN3O2. The van der Waals surface area contributed by atoms with E-state index >= 15 is 0 Å². The molecule has 4 aromatic rings. The van der Waals surface area contributed by atoms with E-state index in [2.05, 4.69) is 10.3 Å². The number of ether oxygens (including phenoxy) is 1. The molecule has 0 saturated carbocycles. The minimum Gasteiger partial charge on any atom is -0.494 e. The highest BCUT2D eigenvalue weighted by molar-refractivity contribution is 6.06. The maximum absolute atomic E-state index is 13.8. The van der Waals surface area contributed by atoms with Gasteiger partial charge in [-0.3, -0.25) is 9.36 Å². The topological polar surface area (TPSA) is 56.1 Å². The van der Waals surface area contributed by atoms with Gasteiger partial charge in [-0.15, -0.1) is 0 Å². The van der Waals surface area contributed by atoms with Crippen LogP contribution >= 0.6 is 0 Å². The van der Waals surface area contributed by atoms with E-state index < -0.39 is 5.82 Å². The normalized spacial score (nSPS) is 10.8. The first-order chi connectivity index (χ1) is 13.6. The molecule has 1 heterocycles. The molecule has 140 valence electrons. The third-order valence-corrected chi connectivity index (χ3v) is 4.51. The Morgan fingerprint density at radius 2 is 1.86 bits per heavy atom. The Labute approximate surface area is 161 Å². The molecule has 1 aromatic heterocycles. The molecule has 0 unspecified atom stereocenters. The Morgan fingerprint density at radius 1 is 1.07 bits per heavy atom. The zero-order valence-corrected chi connectivity index (χ0v) is 15.4. The number of halogens is 1. The Hall–Kier alpha value is -3.67. The average molecular weight is 375 g/mol. The molecule has 1 N–H and O–H groups in total. The first-order valence-electron chi connectivity index (χ1n) is 8.76. The van der Waals surface area contributed by atoms with Gasteiger partial charge in [0.2, 0.25) is 0 Å². The van der Waals surface area contributed by atoms with Gasteiger partial charge in [-0.05, 0) is 49.4 Å². The van der Waals surface area contributed by atoms with E-state index in [1.54, 1.807) is 18.2 Å². The van der Waals surface area contributed by atoms with E-state index in [1.807, 2.05) is 47.9 Å². The number of nitrogens with zero attached hydrogens (tertiary/aromatic N) is 2. The highest BCUT2D eigenvalue weighted by Gasteiger charge is 2.13. The largest absolute Gasteiger partial charge is 0.494 e. The van der Waals surface area contributed by atoms with Crippen LogP contribution in [0.5, 0.6) is 5.75 Å². The molecule has 0 bridgehead atoms. The summed E-state index contributed by atoms with van der Waals surface area (Å²) in [5.74, 6) is 0.0868. The van der Waals surface area contributed by atoms with Crippen molar-refractivity contribution in [3.63, 3.8) is 0 Å². The zero-order chi connectivity index (χ0) is 19.7. The molecule has 0 atom stereocenters. The van der Waals surface area contributed by atoms with Gasteiger partial charge in [0.1, 0.15) is 5.82 Å². The molecule has 0 fully saturated rings. The number of para-hydroxylation sites is 1. The molecule has 28 heavy (non-hydrogen) atoms. The second kappa shape index (κ2) is 7.15. The Bertz CT molecular complexity index is 1170. The van der Waals surface area contributed by atoms with Gasteiger partial charge in [0.25, 0.3) is 5.91 Å². The predicted octanol–water partition coefficient (Wildman–Crippen LogP) is 4.73. The molecule has 5 nitrogen and oxygen atoms in total. The van der Waals surface area contributed by atoms with Gasteiger partial charge in [-0.1, -0.05) is 18.2 Å². The van der Waals surface area contributed by atoms with Gasteiger partial charge in [0.05, 0.1) is 18.1 Å². The zero-order valence-electron chi connectivity index (χ0n) is 15.4. The van der Waals surface area contributed by atoms with Crippen LogP contribution in [0, 0.1) is 12.7 Å². The molecule has 6 heteroatoms. The Morgan fingerprint density at radius 3 is 2.57 bits per heavy atom. The lowest BCUT2D eigenvalue weighted by atomic mass is 10.1. The fourth-order valence-corrected chi connectivity index (χ4v) is 3.19. The summed E-state index contributed by atoms with van der Waals surface area (Å²) in [7, 11) is 1.39. The van der Waals surface area contributed by atoms with Crippen LogP contribution in [0.1, 0.15) is 16.2 Å². The van der Waals surface area contributed by atoms with Gasteiger partial charge in [0.15, 0.2) is 11.6 Å². The summed E-state index contributed by atoms with van der Waals surface area (Å²) in [6, 6.07) is 19.5. The van der Waals surface area contributed by atoms with Crippen molar-refractivity contribution in [1.29, 1.82) is 0 Å². The van der Waals surface area contributed by atoms with Crippen molar-refractivity contribution in [3.8, 4) is 11.4 Å². The smallest absolute Gasteiger partial charge is 0.255 e. The van der Waals surface area contributed by atoms with E-state index in [-0.39, 0.29) is 11.7 Å². The lowest BCUT2D eigenvalue weighted by Gasteiger charge is -2.08. The van der Waals surface area contributed by atoms with E-state index in [0.717, 1.165) is 22.5 Å². The number of hydrogen-bond donors (Lipinski definition) is 1. The van der Waals surface area contributed by atoms with Crippen LogP contribution in [0.2, 0.25) is 0 Å². The van der Waals surface area contributed by atoms with E-state index in [0.29, 0.717) is 11.3 Å². The number of carbonyl (C=O) groups excluding carboxylic acids is 1. The van der Waals surface area contributed by atoms with Crippen LogP contribution in [0.4, 0.5) is 10.1 Å². The quantitative estimate of drug-likeness (QED) is 0.561. The van der Waals surface area contributed by atoms with Gasteiger partial charge in [0, 0.05) is 23.0 Å². The highest BCUT2D eigenvalue weighted by Crippen LogP contribution is 2.24. The van der Waals surface area contributed by atoms with Crippen LogP contribution < -0.4 is 10.1 Å². The molecular weight excluding hydrogens is 357 g/mol. The lowest BCUT2D eigenvalue weighted by molar-refractivity contribution is 0.102. The maximum Gasteiger partial charge on any atom is 0.255 e. The molecule has 0 saturated heterocycles. The monoisotopic (exact) mass is 375 g/mol. The van der Waals surface area contributed by atoms with Crippen molar-refractivity contribution in [3.05, 3.63) is 83.9 Å². The second-order valence-electron chi connectivity index (χ2n) is 6.34. The number of amides is 1. The first-order valence-corrected chi connectivity index (χ1v) is 8.76. The van der Waals surface area contributed by atoms with Crippen molar-refractivity contribution in [2.75, 3.05) is 12.4 Å². The van der Waals surface area contributed by atoms with Crippen LogP contribution in [0.15, 0.2) is 66.7 Å². The number of imidazole rings is 1. The predicted molar refractivity (Wildman–Crippen MR) is 107 cm³/mol. The average Bonchev–Trinajstić information content (AvgIpc) is 3.03. The second-order valence-corrected chi connectivity index (χ2v) is 6.34. The molecule has 3 aromatic carbocycles. The molecule has 4 rings (SSSR count). The third kappa shape index (κ3) is 3.20. The van der Waals surface area contributed by atoms with E-state index in [9.17, 15) is 9.18 Å². The summed E-state index contributed by atoms with van der Waals surface area (Å²) >= 11 is 0. The number of aryl methyl sites for hydroxylation is 1. The van der Waals surface area contributed by atoms with Crippen LogP contribution in [0.25, 0.3) is 16.7 Å². The minimum absolute atomic E-state index is 0.126. The van der Waals surface area contributed by atoms with Crippen molar-refractivity contribution in [2.24, 2.45) is 0 Å². The van der Waals surface area contributed by atoms with Gasteiger partial charge in [-0.2, -0.15) is 0 Å². The van der Waals surface area contributed by atoms with Crippen molar-refractivity contribution < 1.29 is 13.9 Å². The first kappa shape index (κ1) is 17.7. The molecule has 0 aliphatic carbocycles. The summed E-state index contributed by atoms with van der Waals surface area (Å²) in [4.78, 5) is 17.2. The fourth-order valence-electron chi connectivity index (χ4n) is 3.19. The van der Waals surface area contributed by atoms with Crippen molar-refractivity contribution in [2.45, 2.75) is 6.92 Å². The number of nitrogens with one attached hydrogen (secondary N) is 1. The summed E-state index contributed by atoms with van der Waals surface area (Å²) in [5, 5.41) is 2.70. The number of rotatable bonds is 4. The minimum atomic E-state index is -0.534. The third-order valence-electron chi connectivity index (χ3n) is 4.51. The van der Waals surface area contributed by atoms with E-state index in [1.165, 1.54) is 19.2 Å². The highest BCUT2D eigenvalue weighted by atomic mass is 19.1. The number of hydrogen-bond acceptors (Lipinski definition) is 3. The number of carbonyl (C=O) groups is 1. The number of benzene rings is 3. The number of aromatic nitrogens is 2. The van der Waals surface area contributed by atoms with Gasteiger partial charge in [-0.25, -0.2) is 9.37 Å². The maximum atomic E-state index is 13.8. The van der Waals surface area contributed by atoms with Crippen LogP contribution in [0.3, 0.4) is 0 Å². The Kier molecular flexibility index (Phi) is 4.53. The fraction of sp³-hybridized carbons (Fsp3) is 0.0909. The Balaban J connectivity index is 1.65. The molecule has 0 aliphatic heterocycles. The van der Waals surface area contributed by atoms with Gasteiger partial charge < -0.3 is 10.1 Å². The SMILES string of the molecule is COc1ccc(NC(=O)c2ccc3c(c2)nc(C)n3-c2ccccc2)cc1F. The number of fused-ring (bicyclic) bond motifs is 1. The molecule has 0 radical (unpaired) electrons. The van der Waals surface area contributed by atoms with Crippen molar-refractivity contribution in [1.82, 2.24) is 9.55 Å². The lowest BCUT2D eigenvalue weighted by Crippen LogP contribution is -2.12.